The number of allylic oxidation sites excluding steroid dienone is 4. The SMILES string of the molecule is C/N=C1/C=C(NC)C(=C(C)C)C(C)=C1C. The van der Waals surface area contributed by atoms with Crippen LogP contribution < -0.4 is 5.32 Å². The van der Waals surface area contributed by atoms with Gasteiger partial charge in [0, 0.05) is 19.8 Å². The molecule has 0 saturated heterocycles. The van der Waals surface area contributed by atoms with Crippen molar-refractivity contribution in [3.63, 3.8) is 0 Å². The Balaban J connectivity index is 3.40. The Morgan fingerprint density at radius 1 is 1.20 bits per heavy atom. The molecule has 0 fully saturated rings. The summed E-state index contributed by atoms with van der Waals surface area (Å²) >= 11 is 0. The van der Waals surface area contributed by atoms with Crippen LogP contribution in [-0.2, 0) is 0 Å². The Bertz CT molecular complexity index is 389. The van der Waals surface area contributed by atoms with Gasteiger partial charge in [0.25, 0.3) is 0 Å². The van der Waals surface area contributed by atoms with Gasteiger partial charge >= 0.3 is 0 Å². The van der Waals surface area contributed by atoms with E-state index in [0.29, 0.717) is 0 Å². The molecule has 2 heteroatoms. The molecular formula is C13H20N2. The van der Waals surface area contributed by atoms with E-state index in [4.69, 9.17) is 0 Å². The minimum atomic E-state index is 1.07. The molecule has 0 aromatic rings. The van der Waals surface area contributed by atoms with Gasteiger partial charge < -0.3 is 5.32 Å². The van der Waals surface area contributed by atoms with Gasteiger partial charge in [-0.15, -0.1) is 0 Å². The zero-order valence-electron chi connectivity index (χ0n) is 10.5. The molecule has 0 saturated carbocycles. The standard InChI is InChI=1S/C13H20N2/c1-8(2)13-10(4)9(3)11(14-5)7-12(13)15-6/h7,15H,1-6H3/b14-11-. The van der Waals surface area contributed by atoms with Crippen LogP contribution in [0.3, 0.4) is 0 Å². The number of aliphatic imine (C=N–C) groups is 1. The summed E-state index contributed by atoms with van der Waals surface area (Å²) in [7, 11) is 3.79. The molecule has 0 heterocycles. The Morgan fingerprint density at radius 2 is 1.80 bits per heavy atom. The zero-order valence-corrected chi connectivity index (χ0v) is 10.5. The third-order valence-electron chi connectivity index (χ3n) is 2.88. The molecule has 82 valence electrons. The largest absolute Gasteiger partial charge is 0.388 e. The van der Waals surface area contributed by atoms with Crippen LogP contribution in [-0.4, -0.2) is 19.8 Å². The fraction of sp³-hybridized carbons (Fsp3) is 0.462. The van der Waals surface area contributed by atoms with E-state index >= 15 is 0 Å². The molecule has 1 rings (SSSR count). The van der Waals surface area contributed by atoms with Gasteiger partial charge in [-0.1, -0.05) is 5.57 Å². The number of likely N-dealkylation sites (N-methyl/N-ethyl adjacent to an activating group) is 1. The number of hydrogen-bond acceptors (Lipinski definition) is 2. The first-order valence-corrected chi connectivity index (χ1v) is 5.25. The highest BCUT2D eigenvalue weighted by atomic mass is 14.8. The predicted molar refractivity (Wildman–Crippen MR) is 67.2 cm³/mol. The van der Waals surface area contributed by atoms with Gasteiger partial charge in [0.05, 0.1) is 5.71 Å². The first-order valence-electron chi connectivity index (χ1n) is 5.25. The summed E-state index contributed by atoms with van der Waals surface area (Å²) in [5.41, 5.74) is 7.49. The Hall–Kier alpha value is -1.31. The molecule has 0 aromatic heterocycles. The van der Waals surface area contributed by atoms with Crippen LogP contribution in [0.1, 0.15) is 27.7 Å². The first kappa shape index (κ1) is 11.8. The van der Waals surface area contributed by atoms with Crippen molar-refractivity contribution in [2.45, 2.75) is 27.7 Å². The van der Waals surface area contributed by atoms with Crippen molar-refractivity contribution in [3.05, 3.63) is 34.1 Å². The number of rotatable bonds is 1. The van der Waals surface area contributed by atoms with Crippen molar-refractivity contribution in [1.29, 1.82) is 0 Å². The molecule has 1 N–H and O–H groups in total. The van der Waals surface area contributed by atoms with Gasteiger partial charge in [0.1, 0.15) is 0 Å². The molecule has 0 aromatic carbocycles. The quantitative estimate of drug-likeness (QED) is 0.698. The summed E-state index contributed by atoms with van der Waals surface area (Å²) in [6.45, 7) is 8.58. The van der Waals surface area contributed by atoms with Crippen LogP contribution >= 0.6 is 0 Å². The summed E-state index contributed by atoms with van der Waals surface area (Å²) in [5, 5.41) is 3.24. The van der Waals surface area contributed by atoms with Crippen LogP contribution in [0.15, 0.2) is 39.1 Å². The van der Waals surface area contributed by atoms with Crippen molar-refractivity contribution in [2.75, 3.05) is 14.1 Å². The van der Waals surface area contributed by atoms with Gasteiger partial charge in [-0.2, -0.15) is 0 Å². The highest BCUT2D eigenvalue weighted by Gasteiger charge is 2.18. The molecule has 0 radical (unpaired) electrons. The predicted octanol–water partition coefficient (Wildman–Crippen LogP) is 2.85. The van der Waals surface area contributed by atoms with E-state index in [9.17, 15) is 0 Å². The van der Waals surface area contributed by atoms with E-state index in [0.717, 1.165) is 5.71 Å². The second-order valence-electron chi connectivity index (χ2n) is 4.04. The zero-order chi connectivity index (χ0) is 11.6. The first-order chi connectivity index (χ1) is 7.02. The van der Waals surface area contributed by atoms with Gasteiger partial charge in [0.15, 0.2) is 0 Å². The van der Waals surface area contributed by atoms with E-state index in [-0.39, 0.29) is 0 Å². The highest BCUT2D eigenvalue weighted by Crippen LogP contribution is 2.29. The molecule has 1 aliphatic carbocycles. The molecule has 0 unspecified atom stereocenters. The topological polar surface area (TPSA) is 24.4 Å². The maximum absolute atomic E-state index is 4.29. The lowest BCUT2D eigenvalue weighted by Gasteiger charge is -2.22. The van der Waals surface area contributed by atoms with Gasteiger partial charge in [0.2, 0.25) is 0 Å². The van der Waals surface area contributed by atoms with Crippen LogP contribution in [0, 0.1) is 0 Å². The van der Waals surface area contributed by atoms with Crippen LogP contribution in [0.4, 0.5) is 0 Å². The fourth-order valence-corrected chi connectivity index (χ4v) is 1.97. The molecule has 15 heavy (non-hydrogen) atoms. The molecule has 0 bridgehead atoms. The van der Waals surface area contributed by atoms with E-state index in [1.54, 1.807) is 0 Å². The summed E-state index contributed by atoms with van der Waals surface area (Å²) in [4.78, 5) is 4.29. The lowest BCUT2D eigenvalue weighted by molar-refractivity contribution is 0.981. The molecule has 0 atom stereocenters. The maximum Gasteiger partial charge on any atom is 0.0623 e. The normalized spacial score (nSPS) is 19.5. The number of nitrogens with one attached hydrogen (secondary N) is 1. The van der Waals surface area contributed by atoms with Crippen molar-refractivity contribution in [3.8, 4) is 0 Å². The second-order valence-corrected chi connectivity index (χ2v) is 4.04. The number of hydrogen-bond donors (Lipinski definition) is 1. The fourth-order valence-electron chi connectivity index (χ4n) is 1.97. The van der Waals surface area contributed by atoms with E-state index in [1.807, 2.05) is 14.1 Å². The minimum absolute atomic E-state index is 1.07. The van der Waals surface area contributed by atoms with Crippen LogP contribution in [0.5, 0.6) is 0 Å². The van der Waals surface area contributed by atoms with Crippen molar-refractivity contribution in [1.82, 2.24) is 5.32 Å². The highest BCUT2D eigenvalue weighted by molar-refractivity contribution is 6.11. The lowest BCUT2D eigenvalue weighted by atomic mass is 9.88. The summed E-state index contributed by atoms with van der Waals surface area (Å²) in [6.07, 6.45) is 2.12. The summed E-state index contributed by atoms with van der Waals surface area (Å²) in [6, 6.07) is 0. The van der Waals surface area contributed by atoms with Crippen molar-refractivity contribution >= 4 is 5.71 Å². The summed E-state index contributed by atoms with van der Waals surface area (Å²) < 4.78 is 0. The summed E-state index contributed by atoms with van der Waals surface area (Å²) in [5.74, 6) is 0. The molecular weight excluding hydrogens is 184 g/mol. The second kappa shape index (κ2) is 4.47. The molecule has 1 aliphatic rings. The van der Waals surface area contributed by atoms with E-state index in [2.05, 4.69) is 44.1 Å². The number of nitrogens with zero attached hydrogens (tertiary/aromatic N) is 1. The molecule has 0 amide bonds. The van der Waals surface area contributed by atoms with E-state index in [1.165, 1.54) is 28.0 Å². The van der Waals surface area contributed by atoms with Gasteiger partial charge in [-0.25, -0.2) is 0 Å². The van der Waals surface area contributed by atoms with Gasteiger partial charge in [-0.05, 0) is 50.5 Å². The average Bonchev–Trinajstić information content (AvgIpc) is 2.20. The molecule has 0 spiro atoms. The Kier molecular flexibility index (Phi) is 3.51. The van der Waals surface area contributed by atoms with Crippen LogP contribution in [0.25, 0.3) is 0 Å². The third kappa shape index (κ3) is 2.04. The van der Waals surface area contributed by atoms with Gasteiger partial charge in [-0.3, -0.25) is 4.99 Å². The van der Waals surface area contributed by atoms with Crippen molar-refractivity contribution < 1.29 is 0 Å². The minimum Gasteiger partial charge on any atom is -0.388 e. The molecule has 0 aliphatic heterocycles. The monoisotopic (exact) mass is 204 g/mol. The van der Waals surface area contributed by atoms with E-state index < -0.39 is 0 Å². The molecule has 2 nitrogen and oxygen atoms in total. The lowest BCUT2D eigenvalue weighted by Crippen LogP contribution is -2.18. The Morgan fingerprint density at radius 3 is 2.20 bits per heavy atom. The smallest absolute Gasteiger partial charge is 0.0623 e. The Labute approximate surface area is 92.5 Å². The van der Waals surface area contributed by atoms with Crippen molar-refractivity contribution in [2.24, 2.45) is 4.99 Å². The third-order valence-corrected chi connectivity index (χ3v) is 2.88. The van der Waals surface area contributed by atoms with Crippen LogP contribution in [0.2, 0.25) is 0 Å². The maximum atomic E-state index is 4.29. The average molecular weight is 204 g/mol.